The molecule has 0 aliphatic heterocycles. The monoisotopic (exact) mass is 186 g/mol. The highest BCUT2D eigenvalue weighted by molar-refractivity contribution is 4.74. The quantitative estimate of drug-likeness (QED) is 0.689. The average molecular weight is 186 g/mol. The summed E-state index contributed by atoms with van der Waals surface area (Å²) in [4.78, 5) is 0. The minimum absolute atomic E-state index is 0.213. The van der Waals surface area contributed by atoms with Crippen LogP contribution in [0.15, 0.2) is 0 Å². The van der Waals surface area contributed by atoms with E-state index in [1.807, 2.05) is 0 Å². The van der Waals surface area contributed by atoms with Crippen molar-refractivity contribution in [1.29, 1.82) is 0 Å². The van der Waals surface area contributed by atoms with Crippen LogP contribution in [0.3, 0.4) is 0 Å². The molecule has 0 aliphatic rings. The van der Waals surface area contributed by atoms with Gasteiger partial charge >= 0.3 is 0 Å². The third-order valence-corrected chi connectivity index (χ3v) is 2.06. The maximum atomic E-state index is 5.71. The summed E-state index contributed by atoms with van der Waals surface area (Å²) in [5, 5.41) is 3.50. The van der Waals surface area contributed by atoms with E-state index in [4.69, 9.17) is 5.73 Å². The molecule has 2 nitrogen and oxygen atoms in total. The smallest absolute Gasteiger partial charge is 0.00966 e. The Labute approximate surface area is 83.3 Å². The van der Waals surface area contributed by atoms with E-state index in [-0.39, 0.29) is 5.54 Å². The van der Waals surface area contributed by atoms with E-state index >= 15 is 0 Å². The number of hydrogen-bond donors (Lipinski definition) is 2. The Hall–Kier alpha value is -0.0800. The molecule has 0 aromatic heterocycles. The molecular weight excluding hydrogens is 160 g/mol. The van der Waals surface area contributed by atoms with E-state index in [2.05, 4.69) is 39.9 Å². The topological polar surface area (TPSA) is 38.0 Å². The van der Waals surface area contributed by atoms with Gasteiger partial charge < -0.3 is 11.1 Å². The summed E-state index contributed by atoms with van der Waals surface area (Å²) >= 11 is 0. The van der Waals surface area contributed by atoms with Crippen molar-refractivity contribution in [2.45, 2.75) is 46.6 Å². The summed E-state index contributed by atoms with van der Waals surface area (Å²) in [7, 11) is 0. The normalized spacial score (nSPS) is 15.0. The molecule has 0 amide bonds. The number of rotatable bonds is 5. The molecule has 0 fully saturated rings. The molecule has 0 aliphatic carbocycles. The third kappa shape index (κ3) is 8.26. The van der Waals surface area contributed by atoms with Crippen LogP contribution in [0.4, 0.5) is 0 Å². The molecule has 80 valence electrons. The second-order valence-corrected chi connectivity index (χ2v) is 5.36. The van der Waals surface area contributed by atoms with Crippen LogP contribution in [0.1, 0.15) is 41.0 Å². The van der Waals surface area contributed by atoms with Crippen LogP contribution in [0, 0.1) is 11.8 Å². The standard InChI is InChI=1S/C11H26N2/c1-9(2)6-10(7-12)8-13-11(3,4)5/h9-10,13H,6-8,12H2,1-5H3. The molecule has 13 heavy (non-hydrogen) atoms. The lowest BCUT2D eigenvalue weighted by atomic mass is 9.96. The van der Waals surface area contributed by atoms with E-state index in [1.165, 1.54) is 6.42 Å². The fourth-order valence-electron chi connectivity index (χ4n) is 1.38. The molecule has 0 rings (SSSR count). The predicted octanol–water partition coefficient (Wildman–Crippen LogP) is 2.00. The highest BCUT2D eigenvalue weighted by Crippen LogP contribution is 2.10. The largest absolute Gasteiger partial charge is 0.330 e. The SMILES string of the molecule is CC(C)CC(CN)CNC(C)(C)C. The van der Waals surface area contributed by atoms with E-state index < -0.39 is 0 Å². The summed E-state index contributed by atoms with van der Waals surface area (Å²) in [6.45, 7) is 12.9. The molecule has 0 saturated carbocycles. The first-order valence-electron chi connectivity index (χ1n) is 5.30. The lowest BCUT2D eigenvalue weighted by Crippen LogP contribution is -2.41. The summed E-state index contributed by atoms with van der Waals surface area (Å²) in [6.07, 6.45) is 1.22. The van der Waals surface area contributed by atoms with Crippen molar-refractivity contribution in [2.75, 3.05) is 13.1 Å². The van der Waals surface area contributed by atoms with Gasteiger partial charge in [0.25, 0.3) is 0 Å². The minimum Gasteiger partial charge on any atom is -0.330 e. The minimum atomic E-state index is 0.213. The first-order chi connectivity index (χ1) is 5.85. The zero-order valence-electron chi connectivity index (χ0n) is 9.85. The Balaban J connectivity index is 3.72. The van der Waals surface area contributed by atoms with Crippen LogP contribution < -0.4 is 11.1 Å². The van der Waals surface area contributed by atoms with Gasteiger partial charge in [-0.2, -0.15) is 0 Å². The van der Waals surface area contributed by atoms with Gasteiger partial charge in [0, 0.05) is 5.54 Å². The van der Waals surface area contributed by atoms with Gasteiger partial charge in [-0.15, -0.1) is 0 Å². The lowest BCUT2D eigenvalue weighted by molar-refractivity contribution is 0.337. The summed E-state index contributed by atoms with van der Waals surface area (Å²) in [5.74, 6) is 1.37. The molecule has 0 saturated heterocycles. The van der Waals surface area contributed by atoms with Crippen molar-refractivity contribution in [2.24, 2.45) is 17.6 Å². The Morgan fingerprint density at radius 3 is 2.08 bits per heavy atom. The van der Waals surface area contributed by atoms with Gasteiger partial charge in [-0.25, -0.2) is 0 Å². The number of hydrogen-bond acceptors (Lipinski definition) is 2. The van der Waals surface area contributed by atoms with E-state index in [0.717, 1.165) is 19.0 Å². The zero-order valence-corrected chi connectivity index (χ0v) is 9.85. The van der Waals surface area contributed by atoms with Crippen LogP contribution >= 0.6 is 0 Å². The third-order valence-electron chi connectivity index (χ3n) is 2.06. The fraction of sp³-hybridized carbons (Fsp3) is 1.00. The summed E-state index contributed by atoms with van der Waals surface area (Å²) < 4.78 is 0. The predicted molar refractivity (Wildman–Crippen MR) is 59.8 cm³/mol. The van der Waals surface area contributed by atoms with Gasteiger partial charge in [0.15, 0.2) is 0 Å². The van der Waals surface area contributed by atoms with E-state index in [1.54, 1.807) is 0 Å². The van der Waals surface area contributed by atoms with Crippen molar-refractivity contribution < 1.29 is 0 Å². The summed E-state index contributed by atoms with van der Waals surface area (Å²) in [6, 6.07) is 0. The second-order valence-electron chi connectivity index (χ2n) is 5.36. The maximum absolute atomic E-state index is 5.71. The van der Waals surface area contributed by atoms with Crippen LogP contribution in [0.25, 0.3) is 0 Å². The number of nitrogens with two attached hydrogens (primary N) is 1. The molecule has 2 heteroatoms. The molecule has 0 spiro atoms. The van der Waals surface area contributed by atoms with Gasteiger partial charge in [-0.05, 0) is 52.1 Å². The Kier molecular flexibility index (Phi) is 5.57. The molecule has 0 aromatic rings. The molecule has 1 atom stereocenters. The molecule has 0 aromatic carbocycles. The molecule has 0 bridgehead atoms. The first-order valence-corrected chi connectivity index (χ1v) is 5.30. The lowest BCUT2D eigenvalue weighted by Gasteiger charge is -2.25. The molecular formula is C11H26N2. The maximum Gasteiger partial charge on any atom is 0.00966 e. The van der Waals surface area contributed by atoms with Gasteiger partial charge in [0.05, 0.1) is 0 Å². The van der Waals surface area contributed by atoms with Crippen molar-refractivity contribution in [1.82, 2.24) is 5.32 Å². The van der Waals surface area contributed by atoms with Crippen molar-refractivity contribution in [3.63, 3.8) is 0 Å². The molecule has 1 unspecified atom stereocenters. The zero-order chi connectivity index (χ0) is 10.5. The van der Waals surface area contributed by atoms with Crippen LogP contribution in [0.5, 0.6) is 0 Å². The molecule has 0 heterocycles. The van der Waals surface area contributed by atoms with Crippen molar-refractivity contribution in [3.05, 3.63) is 0 Å². The molecule has 0 radical (unpaired) electrons. The fourth-order valence-corrected chi connectivity index (χ4v) is 1.38. The highest BCUT2D eigenvalue weighted by atomic mass is 14.9. The summed E-state index contributed by atoms with van der Waals surface area (Å²) in [5.41, 5.74) is 5.92. The Morgan fingerprint density at radius 1 is 1.23 bits per heavy atom. The highest BCUT2D eigenvalue weighted by Gasteiger charge is 2.13. The van der Waals surface area contributed by atoms with Gasteiger partial charge in [-0.1, -0.05) is 13.8 Å². The van der Waals surface area contributed by atoms with E-state index in [9.17, 15) is 0 Å². The van der Waals surface area contributed by atoms with Gasteiger partial charge in [-0.3, -0.25) is 0 Å². The van der Waals surface area contributed by atoms with Crippen molar-refractivity contribution in [3.8, 4) is 0 Å². The second kappa shape index (κ2) is 5.61. The Bertz CT molecular complexity index is 125. The number of nitrogens with one attached hydrogen (secondary N) is 1. The van der Waals surface area contributed by atoms with E-state index in [0.29, 0.717) is 5.92 Å². The average Bonchev–Trinajstić information content (AvgIpc) is 1.95. The van der Waals surface area contributed by atoms with Crippen LogP contribution in [-0.4, -0.2) is 18.6 Å². The first kappa shape index (κ1) is 12.9. The van der Waals surface area contributed by atoms with Crippen LogP contribution in [-0.2, 0) is 0 Å². The van der Waals surface area contributed by atoms with Crippen LogP contribution in [0.2, 0.25) is 0 Å². The van der Waals surface area contributed by atoms with Gasteiger partial charge in [0.2, 0.25) is 0 Å². The Morgan fingerprint density at radius 2 is 1.77 bits per heavy atom. The van der Waals surface area contributed by atoms with Crippen molar-refractivity contribution >= 4 is 0 Å². The molecule has 3 N–H and O–H groups in total. The van der Waals surface area contributed by atoms with Gasteiger partial charge in [0.1, 0.15) is 0 Å².